The van der Waals surface area contributed by atoms with Crippen molar-refractivity contribution < 1.29 is 24.4 Å². The number of thiazole rings is 1. The van der Waals surface area contributed by atoms with Crippen LogP contribution >= 0.6 is 22.9 Å². The van der Waals surface area contributed by atoms with E-state index in [4.69, 9.17) is 16.3 Å². The predicted octanol–water partition coefficient (Wildman–Crippen LogP) is 5.81. The van der Waals surface area contributed by atoms with E-state index >= 15 is 0 Å². The van der Waals surface area contributed by atoms with E-state index in [1.807, 2.05) is 6.92 Å². The number of aromatic nitrogens is 1. The molecule has 1 saturated heterocycles. The molecule has 0 radical (unpaired) electrons. The number of fused-ring (bicyclic) bond motifs is 2. The topological polar surface area (TPSA) is 123 Å². The molecule has 1 aromatic heterocycles. The first-order valence-electron chi connectivity index (χ1n) is 11.6. The maximum absolute atomic E-state index is 13.4. The molecule has 9 nitrogen and oxygen atoms in total. The Hall–Kier alpha value is -4.28. The van der Waals surface area contributed by atoms with Gasteiger partial charge in [-0.3, -0.25) is 24.6 Å². The van der Waals surface area contributed by atoms with Gasteiger partial charge in [0.1, 0.15) is 17.6 Å². The second-order valence-electron chi connectivity index (χ2n) is 9.08. The highest BCUT2D eigenvalue weighted by Crippen LogP contribution is 2.45. The molecule has 0 saturated carbocycles. The maximum atomic E-state index is 13.4. The number of ketones is 1. The van der Waals surface area contributed by atoms with Crippen molar-refractivity contribution in [2.45, 2.75) is 25.5 Å². The van der Waals surface area contributed by atoms with Crippen LogP contribution in [0.2, 0.25) is 5.02 Å². The molecule has 0 bridgehead atoms. The maximum Gasteiger partial charge on any atom is 0.301 e. The van der Waals surface area contributed by atoms with Crippen molar-refractivity contribution in [3.05, 3.63) is 98.1 Å². The van der Waals surface area contributed by atoms with Crippen LogP contribution in [0.1, 0.15) is 29.7 Å². The Bertz CT molecular complexity index is 1710. The molecule has 3 aromatic carbocycles. The summed E-state index contributed by atoms with van der Waals surface area (Å²) in [6, 6.07) is 14.6. The number of hydrogen-bond donors (Lipinski definition) is 1. The summed E-state index contributed by atoms with van der Waals surface area (Å²) < 4.78 is 6.43. The molecule has 11 heteroatoms. The molecular weight excluding hydrogens is 530 g/mol. The Labute approximate surface area is 224 Å². The lowest BCUT2D eigenvalue weighted by Gasteiger charge is -2.22. The van der Waals surface area contributed by atoms with Crippen molar-refractivity contribution in [2.75, 3.05) is 4.90 Å². The number of nitrogens with zero attached hydrogens (tertiary/aromatic N) is 3. The number of carbonyl (C=O) groups excluding carboxylic acids is 2. The molecule has 2 atom stereocenters. The van der Waals surface area contributed by atoms with Gasteiger partial charge in [0.2, 0.25) is 0 Å². The molecule has 1 amide bonds. The minimum atomic E-state index is -1.14. The summed E-state index contributed by atoms with van der Waals surface area (Å²) in [4.78, 5) is 43.6. The number of nitro groups is 1. The van der Waals surface area contributed by atoms with Crippen molar-refractivity contribution in [1.29, 1.82) is 0 Å². The van der Waals surface area contributed by atoms with Gasteiger partial charge in [-0.05, 0) is 54.4 Å². The zero-order chi connectivity index (χ0) is 26.7. The lowest BCUT2D eigenvalue weighted by molar-refractivity contribution is -0.384. The zero-order valence-electron chi connectivity index (χ0n) is 19.8. The van der Waals surface area contributed by atoms with E-state index in [1.54, 1.807) is 42.5 Å². The van der Waals surface area contributed by atoms with Gasteiger partial charge in [0, 0.05) is 29.1 Å². The second-order valence-corrected chi connectivity index (χ2v) is 10.5. The van der Waals surface area contributed by atoms with E-state index < -0.39 is 22.7 Å². The van der Waals surface area contributed by atoms with E-state index in [9.17, 15) is 24.8 Å². The molecule has 6 rings (SSSR count). The first-order valence-corrected chi connectivity index (χ1v) is 12.8. The summed E-state index contributed by atoms with van der Waals surface area (Å²) in [5, 5.41) is 23.6. The van der Waals surface area contributed by atoms with Crippen LogP contribution in [0.25, 0.3) is 16.0 Å². The van der Waals surface area contributed by atoms with Crippen LogP contribution in [0.3, 0.4) is 0 Å². The number of ether oxygens (including phenoxy) is 1. The van der Waals surface area contributed by atoms with Gasteiger partial charge < -0.3 is 9.84 Å². The van der Waals surface area contributed by atoms with Crippen LogP contribution in [0.4, 0.5) is 10.8 Å². The number of carbonyl (C=O) groups is 2. The Balaban J connectivity index is 1.56. The molecule has 2 aliphatic heterocycles. The molecule has 1 fully saturated rings. The van der Waals surface area contributed by atoms with Gasteiger partial charge in [0.25, 0.3) is 11.5 Å². The third-order valence-corrected chi connectivity index (χ3v) is 7.81. The fraction of sp³-hybridized carbons (Fsp3) is 0.148. The van der Waals surface area contributed by atoms with Crippen LogP contribution in [0.5, 0.6) is 5.75 Å². The number of aliphatic hydroxyl groups excluding tert-OH is 1. The molecular formula is C27H18ClN3O6S. The first kappa shape index (κ1) is 24.1. The summed E-state index contributed by atoms with van der Waals surface area (Å²) in [6.45, 7) is 1.93. The first-order chi connectivity index (χ1) is 18.2. The fourth-order valence-electron chi connectivity index (χ4n) is 4.87. The number of non-ortho nitro benzene ring substituents is 1. The normalized spacial score (nSPS) is 20.1. The number of hydrogen-bond acceptors (Lipinski definition) is 8. The van der Waals surface area contributed by atoms with Crippen molar-refractivity contribution in [1.82, 2.24) is 4.98 Å². The average Bonchev–Trinajstić information content (AvgIpc) is 3.55. The van der Waals surface area contributed by atoms with Gasteiger partial charge in [-0.25, -0.2) is 4.98 Å². The number of amides is 1. The molecule has 2 aliphatic rings. The van der Waals surface area contributed by atoms with Gasteiger partial charge in [0.15, 0.2) is 5.13 Å². The van der Waals surface area contributed by atoms with E-state index in [2.05, 4.69) is 4.98 Å². The predicted molar refractivity (Wildman–Crippen MR) is 143 cm³/mol. The molecule has 1 N–H and O–H groups in total. The number of benzene rings is 3. The Morgan fingerprint density at radius 1 is 1.18 bits per heavy atom. The third-order valence-electron chi connectivity index (χ3n) is 6.56. The number of Topliss-reactive ketones (excluding diaryl/α,β-unsaturated/α-hetero) is 1. The van der Waals surface area contributed by atoms with Crippen molar-refractivity contribution in [3.8, 4) is 5.75 Å². The molecule has 0 unspecified atom stereocenters. The van der Waals surface area contributed by atoms with Crippen molar-refractivity contribution in [3.63, 3.8) is 0 Å². The lowest BCUT2D eigenvalue weighted by Crippen LogP contribution is -2.29. The van der Waals surface area contributed by atoms with Crippen molar-refractivity contribution in [2.24, 2.45) is 0 Å². The Morgan fingerprint density at radius 2 is 2.00 bits per heavy atom. The van der Waals surface area contributed by atoms with Crippen LogP contribution in [-0.4, -0.2) is 32.8 Å². The highest BCUT2D eigenvalue weighted by atomic mass is 35.5. The quantitative estimate of drug-likeness (QED) is 0.112. The van der Waals surface area contributed by atoms with Crippen molar-refractivity contribution >= 4 is 61.4 Å². The summed E-state index contributed by atoms with van der Waals surface area (Å²) in [6.07, 6.45) is 0.610. The SMILES string of the molecule is C[C@@H]1Cc2cc(/C(O)=C3\C(=O)C(=O)N(c4nc5ccc(Cl)cc5s4)[C@H]3c3cccc([N+](=O)[O-])c3)ccc2O1. The number of halogens is 1. The summed E-state index contributed by atoms with van der Waals surface area (Å²) in [5.41, 5.74) is 1.67. The highest BCUT2D eigenvalue weighted by Gasteiger charge is 2.48. The van der Waals surface area contributed by atoms with Crippen LogP contribution < -0.4 is 9.64 Å². The molecule has 0 spiro atoms. The number of anilines is 1. The van der Waals surface area contributed by atoms with E-state index in [0.717, 1.165) is 16.9 Å². The highest BCUT2D eigenvalue weighted by molar-refractivity contribution is 7.22. The minimum Gasteiger partial charge on any atom is -0.507 e. The zero-order valence-corrected chi connectivity index (χ0v) is 21.3. The monoisotopic (exact) mass is 547 g/mol. The van der Waals surface area contributed by atoms with Gasteiger partial charge in [-0.1, -0.05) is 35.1 Å². The molecule has 3 heterocycles. The summed E-state index contributed by atoms with van der Waals surface area (Å²) in [7, 11) is 0. The largest absolute Gasteiger partial charge is 0.507 e. The Morgan fingerprint density at radius 3 is 2.79 bits per heavy atom. The van der Waals surface area contributed by atoms with Gasteiger partial charge >= 0.3 is 5.91 Å². The lowest BCUT2D eigenvalue weighted by atomic mass is 9.94. The van der Waals surface area contributed by atoms with Crippen LogP contribution in [0, 0.1) is 10.1 Å². The number of nitro benzene ring substituents is 1. The van der Waals surface area contributed by atoms with Gasteiger partial charge in [-0.15, -0.1) is 0 Å². The smallest absolute Gasteiger partial charge is 0.301 e. The standard InChI is InChI=1S/C27H18ClN3O6S/c1-13-9-16-10-15(5-8-20(16)37-13)24(32)22-23(14-3-2-4-18(11-14)31(35)36)30(26(34)25(22)33)27-29-19-7-6-17(28)12-21(19)38-27/h2-8,10-13,23,32H,9H2,1H3/b24-22+/t13-,23+/m1/s1. The fourth-order valence-corrected chi connectivity index (χ4v) is 6.14. The average molecular weight is 548 g/mol. The molecule has 38 heavy (non-hydrogen) atoms. The van der Waals surface area contributed by atoms with E-state index in [-0.39, 0.29) is 33.8 Å². The minimum absolute atomic E-state index is 0.0228. The molecule has 4 aromatic rings. The van der Waals surface area contributed by atoms with E-state index in [0.29, 0.717) is 33.0 Å². The van der Waals surface area contributed by atoms with Crippen LogP contribution in [0.15, 0.2) is 66.2 Å². The second kappa shape index (κ2) is 8.93. The van der Waals surface area contributed by atoms with Gasteiger partial charge in [-0.2, -0.15) is 0 Å². The summed E-state index contributed by atoms with van der Waals surface area (Å²) in [5.74, 6) is -1.50. The number of rotatable bonds is 4. The summed E-state index contributed by atoms with van der Waals surface area (Å²) >= 11 is 7.28. The van der Waals surface area contributed by atoms with E-state index in [1.165, 1.54) is 23.1 Å². The van der Waals surface area contributed by atoms with Crippen LogP contribution in [-0.2, 0) is 16.0 Å². The Kier molecular flexibility index (Phi) is 5.66. The third kappa shape index (κ3) is 3.89. The van der Waals surface area contributed by atoms with Gasteiger partial charge in [0.05, 0.1) is 26.8 Å². The molecule has 190 valence electrons. The number of aliphatic hydroxyl groups is 1. The molecule has 0 aliphatic carbocycles.